The lowest BCUT2D eigenvalue weighted by Gasteiger charge is -2.28. The second kappa shape index (κ2) is 8.57. The number of benzene rings is 2. The van der Waals surface area contributed by atoms with Crippen LogP contribution < -0.4 is 5.32 Å². The van der Waals surface area contributed by atoms with Crippen molar-refractivity contribution in [2.75, 3.05) is 32.7 Å². The maximum Gasteiger partial charge on any atom is 0.317 e. The molecule has 2 aromatic carbocycles. The number of fused-ring (bicyclic) bond motifs is 1. The van der Waals surface area contributed by atoms with Gasteiger partial charge in [-0.2, -0.15) is 0 Å². The van der Waals surface area contributed by atoms with Crippen molar-refractivity contribution in [1.82, 2.24) is 15.1 Å². The highest BCUT2D eigenvalue weighted by Crippen LogP contribution is 2.26. The van der Waals surface area contributed by atoms with E-state index in [-0.39, 0.29) is 6.03 Å². The van der Waals surface area contributed by atoms with E-state index in [1.54, 1.807) is 0 Å². The maximum absolute atomic E-state index is 12.4. The van der Waals surface area contributed by atoms with Gasteiger partial charge in [-0.05, 0) is 36.0 Å². The molecule has 4 nitrogen and oxygen atoms in total. The summed E-state index contributed by atoms with van der Waals surface area (Å²) in [4.78, 5) is 16.9. The predicted octanol–water partition coefficient (Wildman–Crippen LogP) is 3.63. The Morgan fingerprint density at radius 3 is 2.63 bits per heavy atom. The van der Waals surface area contributed by atoms with Crippen LogP contribution >= 0.6 is 0 Å². The van der Waals surface area contributed by atoms with Gasteiger partial charge in [0.25, 0.3) is 0 Å². The van der Waals surface area contributed by atoms with Crippen molar-refractivity contribution in [3.05, 3.63) is 71.3 Å². The van der Waals surface area contributed by atoms with Crippen molar-refractivity contribution in [2.24, 2.45) is 0 Å². The topological polar surface area (TPSA) is 35.6 Å². The first-order valence-corrected chi connectivity index (χ1v) is 10.2. The summed E-state index contributed by atoms with van der Waals surface area (Å²) in [6.45, 7) is 5.64. The number of rotatable bonds is 5. The Morgan fingerprint density at radius 2 is 1.78 bits per heavy atom. The third-order valence-corrected chi connectivity index (χ3v) is 5.88. The van der Waals surface area contributed by atoms with Gasteiger partial charge in [-0.15, -0.1) is 0 Å². The summed E-state index contributed by atoms with van der Waals surface area (Å²) in [6, 6.07) is 19.4. The molecule has 0 aromatic heterocycles. The van der Waals surface area contributed by atoms with Gasteiger partial charge in [0, 0.05) is 45.2 Å². The Bertz CT molecular complexity index is 761. The highest BCUT2D eigenvalue weighted by Gasteiger charge is 2.26. The van der Waals surface area contributed by atoms with Crippen LogP contribution in [-0.2, 0) is 13.0 Å². The molecular weight excluding hydrogens is 334 g/mol. The van der Waals surface area contributed by atoms with E-state index in [1.165, 1.54) is 16.7 Å². The molecule has 0 radical (unpaired) electrons. The summed E-state index contributed by atoms with van der Waals surface area (Å²) in [6.07, 6.45) is 3.20. The molecule has 2 aromatic rings. The summed E-state index contributed by atoms with van der Waals surface area (Å²) in [5.74, 6) is 0.477. The number of carbonyl (C=O) groups is 1. The lowest BCUT2D eigenvalue weighted by Crippen LogP contribution is -2.40. The molecule has 27 heavy (non-hydrogen) atoms. The number of hydrogen-bond acceptors (Lipinski definition) is 2. The van der Waals surface area contributed by atoms with E-state index in [0.29, 0.717) is 5.92 Å². The second-order valence-corrected chi connectivity index (χ2v) is 7.72. The summed E-state index contributed by atoms with van der Waals surface area (Å²) in [5, 5.41) is 3.12. The van der Waals surface area contributed by atoms with E-state index in [9.17, 15) is 4.79 Å². The molecule has 0 bridgehead atoms. The molecule has 142 valence electrons. The van der Waals surface area contributed by atoms with Gasteiger partial charge < -0.3 is 10.2 Å². The van der Waals surface area contributed by atoms with Crippen LogP contribution in [-0.4, -0.2) is 48.6 Å². The lowest BCUT2D eigenvalue weighted by atomic mass is 9.99. The molecule has 2 amide bonds. The molecule has 0 unspecified atom stereocenters. The zero-order valence-electron chi connectivity index (χ0n) is 15.9. The third-order valence-electron chi connectivity index (χ3n) is 5.88. The van der Waals surface area contributed by atoms with Crippen LogP contribution in [0, 0.1) is 0 Å². The number of carbonyl (C=O) groups excluding carboxylic acids is 1. The molecule has 0 saturated carbocycles. The Morgan fingerprint density at radius 1 is 1.00 bits per heavy atom. The Balaban J connectivity index is 1.17. The van der Waals surface area contributed by atoms with Crippen LogP contribution in [0.5, 0.6) is 0 Å². The van der Waals surface area contributed by atoms with Gasteiger partial charge in [-0.3, -0.25) is 4.90 Å². The van der Waals surface area contributed by atoms with Gasteiger partial charge in [0.2, 0.25) is 0 Å². The number of nitrogens with zero attached hydrogens (tertiary/aromatic N) is 2. The molecule has 1 fully saturated rings. The number of likely N-dealkylation sites (tertiary alicyclic amines) is 1. The smallest absolute Gasteiger partial charge is 0.317 e. The molecule has 4 rings (SSSR count). The number of hydrogen-bond donors (Lipinski definition) is 1. The molecule has 2 aliphatic rings. The van der Waals surface area contributed by atoms with Crippen molar-refractivity contribution < 1.29 is 4.79 Å². The van der Waals surface area contributed by atoms with E-state index in [1.807, 2.05) is 11.0 Å². The summed E-state index contributed by atoms with van der Waals surface area (Å²) in [5.41, 5.74) is 4.29. The van der Waals surface area contributed by atoms with E-state index in [2.05, 4.69) is 58.7 Å². The minimum Gasteiger partial charge on any atom is -0.338 e. The van der Waals surface area contributed by atoms with Gasteiger partial charge in [-0.25, -0.2) is 4.79 Å². The zero-order valence-corrected chi connectivity index (χ0v) is 15.9. The average molecular weight is 364 g/mol. The van der Waals surface area contributed by atoms with Crippen LogP contribution in [0.2, 0.25) is 0 Å². The Labute approximate surface area is 162 Å². The van der Waals surface area contributed by atoms with Crippen molar-refractivity contribution in [2.45, 2.75) is 31.7 Å². The molecule has 0 aliphatic carbocycles. The SMILES string of the molecule is O=C(NCCCN1CCc2ccccc2C1)N1CC[C@H](c2ccccc2)C1. The van der Waals surface area contributed by atoms with Gasteiger partial charge in [-0.1, -0.05) is 54.6 Å². The van der Waals surface area contributed by atoms with Crippen LogP contribution in [0.4, 0.5) is 4.79 Å². The second-order valence-electron chi connectivity index (χ2n) is 7.72. The van der Waals surface area contributed by atoms with Gasteiger partial charge in [0.1, 0.15) is 0 Å². The maximum atomic E-state index is 12.4. The fourth-order valence-corrected chi connectivity index (χ4v) is 4.30. The first-order valence-electron chi connectivity index (χ1n) is 10.2. The largest absolute Gasteiger partial charge is 0.338 e. The quantitative estimate of drug-likeness (QED) is 0.824. The van der Waals surface area contributed by atoms with Gasteiger partial charge in [0.15, 0.2) is 0 Å². The fourth-order valence-electron chi connectivity index (χ4n) is 4.30. The van der Waals surface area contributed by atoms with E-state index < -0.39 is 0 Å². The van der Waals surface area contributed by atoms with E-state index in [0.717, 1.165) is 58.5 Å². The average Bonchev–Trinajstić information content (AvgIpc) is 3.22. The summed E-state index contributed by atoms with van der Waals surface area (Å²) < 4.78 is 0. The first kappa shape index (κ1) is 18.1. The summed E-state index contributed by atoms with van der Waals surface area (Å²) >= 11 is 0. The standard InChI is InChI=1S/C23H29N3O/c27-23(26-16-12-22(18-26)19-7-2-1-3-8-19)24-13-6-14-25-15-11-20-9-4-5-10-21(20)17-25/h1-5,7-10,22H,6,11-18H2,(H,24,27)/t22-/m0/s1. The molecule has 1 atom stereocenters. The molecule has 2 heterocycles. The van der Waals surface area contributed by atoms with Gasteiger partial charge in [0.05, 0.1) is 0 Å². The van der Waals surface area contributed by atoms with Crippen molar-refractivity contribution in [3.63, 3.8) is 0 Å². The minimum atomic E-state index is 0.0948. The minimum absolute atomic E-state index is 0.0948. The molecule has 2 aliphatic heterocycles. The monoisotopic (exact) mass is 363 g/mol. The molecular formula is C23H29N3O. The van der Waals surface area contributed by atoms with Crippen LogP contribution in [0.25, 0.3) is 0 Å². The fraction of sp³-hybridized carbons (Fsp3) is 0.435. The number of nitrogens with one attached hydrogen (secondary N) is 1. The summed E-state index contributed by atoms with van der Waals surface area (Å²) in [7, 11) is 0. The Hall–Kier alpha value is -2.33. The van der Waals surface area contributed by atoms with Gasteiger partial charge >= 0.3 is 6.03 Å². The van der Waals surface area contributed by atoms with Crippen LogP contribution in [0.15, 0.2) is 54.6 Å². The van der Waals surface area contributed by atoms with Crippen LogP contribution in [0.3, 0.4) is 0 Å². The first-order chi connectivity index (χ1) is 13.3. The number of urea groups is 1. The zero-order chi connectivity index (χ0) is 18.5. The predicted molar refractivity (Wildman–Crippen MR) is 109 cm³/mol. The lowest BCUT2D eigenvalue weighted by molar-refractivity contribution is 0.206. The van der Waals surface area contributed by atoms with Crippen molar-refractivity contribution in [3.8, 4) is 0 Å². The van der Waals surface area contributed by atoms with E-state index >= 15 is 0 Å². The molecule has 1 saturated heterocycles. The highest BCUT2D eigenvalue weighted by atomic mass is 16.2. The molecule has 4 heteroatoms. The number of amides is 2. The highest BCUT2D eigenvalue weighted by molar-refractivity contribution is 5.74. The molecule has 1 N–H and O–H groups in total. The molecule has 0 spiro atoms. The van der Waals surface area contributed by atoms with Crippen molar-refractivity contribution >= 4 is 6.03 Å². The Kier molecular flexibility index (Phi) is 5.73. The third kappa shape index (κ3) is 4.51. The van der Waals surface area contributed by atoms with Crippen molar-refractivity contribution in [1.29, 1.82) is 0 Å². The van der Waals surface area contributed by atoms with Crippen LogP contribution in [0.1, 0.15) is 35.4 Å². The normalized spacial score (nSPS) is 19.7. The van der Waals surface area contributed by atoms with E-state index in [4.69, 9.17) is 0 Å².